The molecule has 0 saturated carbocycles. The standard InChI is InChI=1S/C22H18N4O2/c27-22(25-20-11-4-5-12-21(20)26-16-23-15-24-26)18-9-6-10-19(13-18)28-14-17-7-2-1-3-8-17/h1-13,15-16H,14H2,(H,25,27). The van der Waals surface area contributed by atoms with Gasteiger partial charge in [0.2, 0.25) is 0 Å². The number of para-hydroxylation sites is 2. The number of rotatable bonds is 6. The summed E-state index contributed by atoms with van der Waals surface area (Å²) < 4.78 is 7.42. The lowest BCUT2D eigenvalue weighted by Gasteiger charge is -2.12. The summed E-state index contributed by atoms with van der Waals surface area (Å²) in [5, 5.41) is 7.06. The summed E-state index contributed by atoms with van der Waals surface area (Å²) in [6.07, 6.45) is 3.04. The Balaban J connectivity index is 1.49. The van der Waals surface area contributed by atoms with Gasteiger partial charge >= 0.3 is 0 Å². The summed E-state index contributed by atoms with van der Waals surface area (Å²) in [5.41, 5.74) is 2.97. The molecule has 0 unspecified atom stereocenters. The van der Waals surface area contributed by atoms with Gasteiger partial charge in [0.1, 0.15) is 25.0 Å². The summed E-state index contributed by atoms with van der Waals surface area (Å²) in [7, 11) is 0. The molecule has 3 aromatic carbocycles. The summed E-state index contributed by atoms with van der Waals surface area (Å²) in [6, 6.07) is 24.4. The van der Waals surface area contributed by atoms with E-state index in [1.54, 1.807) is 29.2 Å². The molecular formula is C22H18N4O2. The molecule has 138 valence electrons. The monoisotopic (exact) mass is 370 g/mol. The minimum Gasteiger partial charge on any atom is -0.489 e. The second kappa shape index (κ2) is 8.18. The van der Waals surface area contributed by atoms with E-state index in [0.717, 1.165) is 11.3 Å². The predicted molar refractivity (Wildman–Crippen MR) is 107 cm³/mol. The Labute approximate surface area is 162 Å². The van der Waals surface area contributed by atoms with E-state index < -0.39 is 0 Å². The van der Waals surface area contributed by atoms with Crippen LogP contribution in [0.15, 0.2) is 91.5 Å². The highest BCUT2D eigenvalue weighted by Crippen LogP contribution is 2.21. The van der Waals surface area contributed by atoms with Crippen molar-refractivity contribution in [1.29, 1.82) is 0 Å². The highest BCUT2D eigenvalue weighted by Gasteiger charge is 2.11. The van der Waals surface area contributed by atoms with Crippen LogP contribution in [0.25, 0.3) is 5.69 Å². The molecule has 6 heteroatoms. The molecule has 6 nitrogen and oxygen atoms in total. The molecular weight excluding hydrogens is 352 g/mol. The smallest absolute Gasteiger partial charge is 0.255 e. The van der Waals surface area contributed by atoms with Crippen LogP contribution >= 0.6 is 0 Å². The van der Waals surface area contributed by atoms with Crippen molar-refractivity contribution in [2.75, 3.05) is 5.32 Å². The van der Waals surface area contributed by atoms with Crippen molar-refractivity contribution in [1.82, 2.24) is 14.8 Å². The van der Waals surface area contributed by atoms with Gasteiger partial charge in [0.25, 0.3) is 5.91 Å². The van der Waals surface area contributed by atoms with Crippen molar-refractivity contribution in [3.8, 4) is 11.4 Å². The van der Waals surface area contributed by atoms with Gasteiger partial charge in [0.05, 0.1) is 11.4 Å². The fourth-order valence-electron chi connectivity index (χ4n) is 2.77. The van der Waals surface area contributed by atoms with Crippen LogP contribution in [0.2, 0.25) is 0 Å². The molecule has 0 saturated heterocycles. The van der Waals surface area contributed by atoms with Gasteiger partial charge in [-0.2, -0.15) is 5.10 Å². The molecule has 1 heterocycles. The van der Waals surface area contributed by atoms with Crippen molar-refractivity contribution in [2.45, 2.75) is 6.61 Å². The molecule has 0 aliphatic rings. The second-order valence-electron chi connectivity index (χ2n) is 6.11. The number of carbonyl (C=O) groups excluding carboxylic acids is 1. The largest absolute Gasteiger partial charge is 0.489 e. The second-order valence-corrected chi connectivity index (χ2v) is 6.11. The van der Waals surface area contributed by atoms with E-state index in [-0.39, 0.29) is 5.91 Å². The zero-order chi connectivity index (χ0) is 19.2. The van der Waals surface area contributed by atoms with Gasteiger partial charge in [0.15, 0.2) is 0 Å². The average molecular weight is 370 g/mol. The molecule has 4 aromatic rings. The number of aromatic nitrogens is 3. The van der Waals surface area contributed by atoms with Crippen molar-refractivity contribution in [3.63, 3.8) is 0 Å². The Morgan fingerprint density at radius 1 is 0.964 bits per heavy atom. The van der Waals surface area contributed by atoms with Crippen molar-refractivity contribution < 1.29 is 9.53 Å². The van der Waals surface area contributed by atoms with Gasteiger partial charge in [0, 0.05) is 5.56 Å². The number of anilines is 1. The SMILES string of the molecule is O=C(Nc1ccccc1-n1cncn1)c1cccc(OCc2ccccc2)c1. The summed E-state index contributed by atoms with van der Waals surface area (Å²) in [6.45, 7) is 0.445. The first-order valence-corrected chi connectivity index (χ1v) is 8.82. The predicted octanol–water partition coefficient (Wildman–Crippen LogP) is 4.10. The first kappa shape index (κ1) is 17.5. The highest BCUT2D eigenvalue weighted by molar-refractivity contribution is 6.05. The van der Waals surface area contributed by atoms with Gasteiger partial charge in [-0.15, -0.1) is 0 Å². The summed E-state index contributed by atoms with van der Waals surface area (Å²) in [4.78, 5) is 16.7. The van der Waals surface area contributed by atoms with Crippen LogP contribution in [0.5, 0.6) is 5.75 Å². The topological polar surface area (TPSA) is 69.0 Å². The van der Waals surface area contributed by atoms with E-state index in [9.17, 15) is 4.79 Å². The third-order valence-corrected chi connectivity index (χ3v) is 4.16. The van der Waals surface area contributed by atoms with Gasteiger partial charge in [-0.05, 0) is 35.9 Å². The Hall–Kier alpha value is -3.93. The molecule has 1 N–H and O–H groups in total. The first-order chi connectivity index (χ1) is 13.8. The lowest BCUT2D eigenvalue weighted by molar-refractivity contribution is 0.102. The van der Waals surface area contributed by atoms with Crippen LogP contribution in [0, 0.1) is 0 Å². The maximum atomic E-state index is 12.8. The van der Waals surface area contributed by atoms with Crippen molar-refractivity contribution in [3.05, 3.63) is 103 Å². The molecule has 1 amide bonds. The van der Waals surface area contributed by atoms with Crippen LogP contribution in [0.4, 0.5) is 5.69 Å². The zero-order valence-electron chi connectivity index (χ0n) is 15.0. The minimum atomic E-state index is -0.224. The molecule has 28 heavy (non-hydrogen) atoms. The third-order valence-electron chi connectivity index (χ3n) is 4.16. The van der Waals surface area contributed by atoms with Crippen LogP contribution in [-0.4, -0.2) is 20.7 Å². The molecule has 0 aliphatic heterocycles. The fourth-order valence-corrected chi connectivity index (χ4v) is 2.77. The molecule has 0 bridgehead atoms. The molecule has 1 aromatic heterocycles. The molecule has 0 spiro atoms. The van der Waals surface area contributed by atoms with E-state index in [0.29, 0.717) is 23.6 Å². The maximum absolute atomic E-state index is 12.8. The van der Waals surface area contributed by atoms with Gasteiger partial charge in [-0.25, -0.2) is 9.67 Å². The average Bonchev–Trinajstić information content (AvgIpc) is 3.28. The number of hydrogen-bond acceptors (Lipinski definition) is 4. The van der Waals surface area contributed by atoms with Crippen LogP contribution in [0.1, 0.15) is 15.9 Å². The van der Waals surface area contributed by atoms with E-state index in [1.807, 2.05) is 60.7 Å². The highest BCUT2D eigenvalue weighted by atomic mass is 16.5. The quantitative estimate of drug-likeness (QED) is 0.555. The van der Waals surface area contributed by atoms with Gasteiger partial charge < -0.3 is 10.1 Å². The number of ether oxygens (including phenoxy) is 1. The number of hydrogen-bond donors (Lipinski definition) is 1. The number of carbonyl (C=O) groups is 1. The Morgan fingerprint density at radius 2 is 1.79 bits per heavy atom. The van der Waals surface area contributed by atoms with Crippen molar-refractivity contribution in [2.24, 2.45) is 0 Å². The summed E-state index contributed by atoms with van der Waals surface area (Å²) in [5.74, 6) is 0.416. The number of amides is 1. The zero-order valence-corrected chi connectivity index (χ0v) is 15.0. The van der Waals surface area contributed by atoms with E-state index in [1.165, 1.54) is 6.33 Å². The van der Waals surface area contributed by atoms with Gasteiger partial charge in [-0.1, -0.05) is 48.5 Å². The molecule has 0 radical (unpaired) electrons. The molecule has 0 atom stereocenters. The van der Waals surface area contributed by atoms with E-state index in [2.05, 4.69) is 15.4 Å². The molecule has 0 aliphatic carbocycles. The van der Waals surface area contributed by atoms with Crippen LogP contribution in [-0.2, 0) is 6.61 Å². The lowest BCUT2D eigenvalue weighted by Crippen LogP contribution is -2.14. The van der Waals surface area contributed by atoms with Gasteiger partial charge in [-0.3, -0.25) is 4.79 Å². The summed E-state index contributed by atoms with van der Waals surface area (Å²) >= 11 is 0. The normalized spacial score (nSPS) is 10.4. The lowest BCUT2D eigenvalue weighted by atomic mass is 10.2. The number of nitrogens with one attached hydrogen (secondary N) is 1. The third kappa shape index (κ3) is 4.07. The van der Waals surface area contributed by atoms with E-state index in [4.69, 9.17) is 4.74 Å². The number of benzene rings is 3. The van der Waals surface area contributed by atoms with Crippen LogP contribution < -0.4 is 10.1 Å². The fraction of sp³-hybridized carbons (Fsp3) is 0.0455. The first-order valence-electron chi connectivity index (χ1n) is 8.82. The Kier molecular flexibility index (Phi) is 5.11. The van der Waals surface area contributed by atoms with E-state index >= 15 is 0 Å². The maximum Gasteiger partial charge on any atom is 0.255 e. The minimum absolute atomic E-state index is 0.224. The molecule has 4 rings (SSSR count). The Bertz CT molecular complexity index is 1060. The van der Waals surface area contributed by atoms with Crippen molar-refractivity contribution >= 4 is 11.6 Å². The molecule has 0 fully saturated rings. The van der Waals surface area contributed by atoms with Crippen LogP contribution in [0.3, 0.4) is 0 Å². The Morgan fingerprint density at radius 3 is 2.61 bits per heavy atom. The number of nitrogens with zero attached hydrogens (tertiary/aromatic N) is 3.